The average Bonchev–Trinajstić information content (AvgIpc) is 2.62. The van der Waals surface area contributed by atoms with E-state index in [4.69, 9.17) is 4.65 Å². The number of aliphatic hydroxyl groups is 1. The van der Waals surface area contributed by atoms with Crippen LogP contribution in [0, 0.1) is 0 Å². The van der Waals surface area contributed by atoms with Crippen molar-refractivity contribution in [1.29, 1.82) is 0 Å². The maximum atomic E-state index is 9.19. The van der Waals surface area contributed by atoms with Gasteiger partial charge < -0.3 is 15.1 Å². The quantitative estimate of drug-likeness (QED) is 0.518. The lowest BCUT2D eigenvalue weighted by Gasteiger charge is -2.16. The van der Waals surface area contributed by atoms with E-state index in [9.17, 15) is 5.11 Å². The molecular formula is C19H26BNO2. The second-order valence-electron chi connectivity index (χ2n) is 5.66. The van der Waals surface area contributed by atoms with Gasteiger partial charge >= 0.3 is 6.92 Å². The second-order valence-corrected chi connectivity index (χ2v) is 5.66. The first kappa shape index (κ1) is 17.7. The summed E-state index contributed by atoms with van der Waals surface area (Å²) in [7, 11) is 0. The van der Waals surface area contributed by atoms with Crippen molar-refractivity contribution in [1.82, 2.24) is 5.32 Å². The highest BCUT2D eigenvalue weighted by molar-refractivity contribution is 6.80. The molecule has 0 aliphatic carbocycles. The van der Waals surface area contributed by atoms with Crippen LogP contribution in [0.25, 0.3) is 0 Å². The summed E-state index contributed by atoms with van der Waals surface area (Å²) in [6.45, 7) is 4.76. The maximum Gasteiger partial charge on any atom is 0.361 e. The molecule has 122 valence electrons. The van der Waals surface area contributed by atoms with Crippen molar-refractivity contribution in [3.8, 4) is 0 Å². The molecule has 0 spiro atoms. The van der Waals surface area contributed by atoms with E-state index in [0.717, 1.165) is 29.6 Å². The number of nitrogens with one attached hydrogen (secondary N) is 1. The van der Waals surface area contributed by atoms with Gasteiger partial charge in [-0.05, 0) is 29.5 Å². The normalized spacial score (nSPS) is 10.7. The van der Waals surface area contributed by atoms with Crippen LogP contribution in [-0.2, 0) is 11.3 Å². The SMILES string of the molecule is CCCCNCCOB(c1ccccc1)c1ccc(CO)cc1. The van der Waals surface area contributed by atoms with Crippen LogP contribution in [0.1, 0.15) is 25.3 Å². The fourth-order valence-corrected chi connectivity index (χ4v) is 2.49. The molecule has 0 fully saturated rings. The van der Waals surface area contributed by atoms with Gasteiger partial charge in [0.15, 0.2) is 0 Å². The molecule has 0 unspecified atom stereocenters. The van der Waals surface area contributed by atoms with Crippen molar-refractivity contribution < 1.29 is 9.76 Å². The monoisotopic (exact) mass is 311 g/mol. The van der Waals surface area contributed by atoms with Crippen molar-refractivity contribution in [3.05, 3.63) is 60.2 Å². The summed E-state index contributed by atoms with van der Waals surface area (Å²) in [6, 6.07) is 18.2. The Labute approximate surface area is 139 Å². The third kappa shape index (κ3) is 5.83. The minimum atomic E-state index is -0.0723. The minimum absolute atomic E-state index is 0.0679. The molecule has 4 heteroatoms. The van der Waals surface area contributed by atoms with Crippen molar-refractivity contribution in [2.24, 2.45) is 0 Å². The van der Waals surface area contributed by atoms with Crippen LogP contribution in [0.5, 0.6) is 0 Å². The highest BCUT2D eigenvalue weighted by Crippen LogP contribution is 1.99. The number of hydrogen-bond acceptors (Lipinski definition) is 3. The summed E-state index contributed by atoms with van der Waals surface area (Å²) in [4.78, 5) is 0. The molecule has 0 aliphatic heterocycles. The van der Waals surface area contributed by atoms with Crippen molar-refractivity contribution >= 4 is 17.8 Å². The largest absolute Gasteiger partial charge is 0.426 e. The van der Waals surface area contributed by atoms with E-state index in [1.54, 1.807) is 0 Å². The second kappa shape index (κ2) is 10.2. The molecule has 0 bridgehead atoms. The predicted molar refractivity (Wildman–Crippen MR) is 97.6 cm³/mol. The van der Waals surface area contributed by atoms with Gasteiger partial charge in [0, 0.05) is 13.2 Å². The molecule has 0 heterocycles. The molecule has 2 rings (SSSR count). The van der Waals surface area contributed by atoms with Gasteiger partial charge in [0.05, 0.1) is 6.61 Å². The first-order valence-electron chi connectivity index (χ1n) is 8.42. The molecule has 0 atom stereocenters. The minimum Gasteiger partial charge on any atom is -0.426 e. The number of rotatable bonds is 10. The third-order valence-electron chi connectivity index (χ3n) is 3.84. The molecule has 0 aromatic heterocycles. The predicted octanol–water partition coefficient (Wildman–Crippen LogP) is 1.69. The third-order valence-corrected chi connectivity index (χ3v) is 3.84. The van der Waals surface area contributed by atoms with E-state index in [2.05, 4.69) is 24.4 Å². The zero-order chi connectivity index (χ0) is 16.3. The Morgan fingerprint density at radius 3 is 2.30 bits per heavy atom. The van der Waals surface area contributed by atoms with E-state index in [0.29, 0.717) is 6.61 Å². The summed E-state index contributed by atoms with van der Waals surface area (Å²) in [5.74, 6) is 0. The fraction of sp³-hybridized carbons (Fsp3) is 0.368. The summed E-state index contributed by atoms with van der Waals surface area (Å²) >= 11 is 0. The van der Waals surface area contributed by atoms with Crippen LogP contribution in [-0.4, -0.2) is 31.7 Å². The van der Waals surface area contributed by atoms with E-state index in [1.165, 1.54) is 12.8 Å². The van der Waals surface area contributed by atoms with Crippen LogP contribution in [0.3, 0.4) is 0 Å². The number of unbranched alkanes of at least 4 members (excludes halogenated alkanes) is 1. The van der Waals surface area contributed by atoms with Crippen LogP contribution >= 0.6 is 0 Å². The zero-order valence-electron chi connectivity index (χ0n) is 13.9. The molecule has 0 saturated carbocycles. The first-order chi connectivity index (χ1) is 11.3. The Hall–Kier alpha value is -1.62. The zero-order valence-corrected chi connectivity index (χ0v) is 13.9. The van der Waals surface area contributed by atoms with Gasteiger partial charge in [-0.15, -0.1) is 0 Å². The molecule has 0 radical (unpaired) electrons. The lowest BCUT2D eigenvalue weighted by atomic mass is 9.55. The maximum absolute atomic E-state index is 9.19. The molecule has 2 N–H and O–H groups in total. The Kier molecular flexibility index (Phi) is 7.88. The molecule has 2 aromatic carbocycles. The average molecular weight is 311 g/mol. The smallest absolute Gasteiger partial charge is 0.361 e. The Morgan fingerprint density at radius 2 is 1.65 bits per heavy atom. The topological polar surface area (TPSA) is 41.5 Å². The molecule has 0 amide bonds. The molecular weight excluding hydrogens is 285 g/mol. The molecule has 23 heavy (non-hydrogen) atoms. The lowest BCUT2D eigenvalue weighted by molar-refractivity contribution is 0.282. The summed E-state index contributed by atoms with van der Waals surface area (Å²) < 4.78 is 6.14. The van der Waals surface area contributed by atoms with Gasteiger partial charge in [0.25, 0.3) is 0 Å². The van der Waals surface area contributed by atoms with E-state index >= 15 is 0 Å². The molecule has 0 aliphatic rings. The van der Waals surface area contributed by atoms with E-state index in [1.807, 2.05) is 42.5 Å². The highest BCUT2D eigenvalue weighted by Gasteiger charge is 2.20. The van der Waals surface area contributed by atoms with Gasteiger partial charge in [-0.2, -0.15) is 0 Å². The van der Waals surface area contributed by atoms with Crippen molar-refractivity contribution in [3.63, 3.8) is 0 Å². The van der Waals surface area contributed by atoms with Gasteiger partial charge in [0.1, 0.15) is 0 Å². The summed E-state index contributed by atoms with van der Waals surface area (Å²) in [5, 5.41) is 12.6. The fourth-order valence-electron chi connectivity index (χ4n) is 2.49. The van der Waals surface area contributed by atoms with E-state index in [-0.39, 0.29) is 13.5 Å². The Morgan fingerprint density at radius 1 is 0.957 bits per heavy atom. The van der Waals surface area contributed by atoms with Gasteiger partial charge in [-0.25, -0.2) is 0 Å². The van der Waals surface area contributed by atoms with Crippen molar-refractivity contribution in [2.45, 2.75) is 26.4 Å². The molecule has 2 aromatic rings. The lowest BCUT2D eigenvalue weighted by Crippen LogP contribution is -2.46. The Bertz CT molecular complexity index is 545. The van der Waals surface area contributed by atoms with Gasteiger partial charge in [-0.1, -0.05) is 67.9 Å². The highest BCUT2D eigenvalue weighted by atomic mass is 16.4. The number of hydrogen-bond donors (Lipinski definition) is 2. The first-order valence-corrected chi connectivity index (χ1v) is 8.42. The van der Waals surface area contributed by atoms with Crippen LogP contribution in [0.15, 0.2) is 54.6 Å². The van der Waals surface area contributed by atoms with Crippen LogP contribution in [0.4, 0.5) is 0 Å². The van der Waals surface area contributed by atoms with E-state index < -0.39 is 0 Å². The van der Waals surface area contributed by atoms with Crippen LogP contribution < -0.4 is 16.2 Å². The standard InChI is InChI=1S/C19H26BNO2/c1-2-3-13-21-14-15-23-20(18-7-5-4-6-8-18)19-11-9-17(16-22)10-12-19/h4-12,21-22H,2-3,13-16H2,1H3. The number of aliphatic hydroxyl groups excluding tert-OH is 1. The van der Waals surface area contributed by atoms with Crippen LogP contribution in [0.2, 0.25) is 0 Å². The molecule has 0 saturated heterocycles. The van der Waals surface area contributed by atoms with Gasteiger partial charge in [0.2, 0.25) is 0 Å². The van der Waals surface area contributed by atoms with Gasteiger partial charge in [-0.3, -0.25) is 0 Å². The number of benzene rings is 2. The molecule has 3 nitrogen and oxygen atoms in total. The Balaban J connectivity index is 2.00. The van der Waals surface area contributed by atoms with Crippen molar-refractivity contribution in [2.75, 3.05) is 19.7 Å². The summed E-state index contributed by atoms with van der Waals surface area (Å²) in [5.41, 5.74) is 3.18. The summed E-state index contributed by atoms with van der Waals surface area (Å²) in [6.07, 6.45) is 2.41.